The number of carbonyl (C=O) groups excluding carboxylic acids is 2. The van der Waals surface area contributed by atoms with Crippen LogP contribution in [0.15, 0.2) is 0 Å². The van der Waals surface area contributed by atoms with Gasteiger partial charge in [-0.25, -0.2) is 0 Å². The van der Waals surface area contributed by atoms with E-state index in [1.165, 1.54) is 51.4 Å². The van der Waals surface area contributed by atoms with Crippen molar-refractivity contribution in [3.05, 3.63) is 0 Å². The summed E-state index contributed by atoms with van der Waals surface area (Å²) in [6.07, 6.45) is 15.2. The van der Waals surface area contributed by atoms with Gasteiger partial charge >= 0.3 is 5.97 Å². The Hall–Kier alpha value is -0.860. The molecule has 0 fully saturated rings. The summed E-state index contributed by atoms with van der Waals surface area (Å²) in [5.41, 5.74) is 0. The summed E-state index contributed by atoms with van der Waals surface area (Å²) in [5.74, 6) is -0.299. The molecule has 0 spiro atoms. The summed E-state index contributed by atoms with van der Waals surface area (Å²) in [5, 5.41) is 0. The van der Waals surface area contributed by atoms with Crippen LogP contribution in [0, 0.1) is 5.92 Å². The number of unbranched alkanes of at least 4 members (excludes halogenated alkanes) is 10. The van der Waals surface area contributed by atoms with Crippen molar-refractivity contribution in [2.75, 3.05) is 6.61 Å². The van der Waals surface area contributed by atoms with Gasteiger partial charge in [0.05, 0.1) is 12.5 Å². The van der Waals surface area contributed by atoms with Crippen LogP contribution in [-0.2, 0) is 14.3 Å². The molecule has 0 aliphatic carbocycles. The van der Waals surface area contributed by atoms with Crippen molar-refractivity contribution >= 4 is 11.8 Å². The van der Waals surface area contributed by atoms with E-state index in [0.717, 1.165) is 25.7 Å². The van der Waals surface area contributed by atoms with Gasteiger partial charge in [-0.3, -0.25) is 9.59 Å². The van der Waals surface area contributed by atoms with Crippen LogP contribution in [0.25, 0.3) is 0 Å². The zero-order chi connectivity index (χ0) is 18.0. The fourth-order valence-electron chi connectivity index (χ4n) is 2.83. The maximum absolute atomic E-state index is 11.9. The Morgan fingerprint density at radius 1 is 0.750 bits per heavy atom. The third-order valence-electron chi connectivity index (χ3n) is 4.49. The van der Waals surface area contributed by atoms with Gasteiger partial charge in [0.15, 0.2) is 0 Å². The Labute approximate surface area is 149 Å². The second-order valence-electron chi connectivity index (χ2n) is 7.10. The van der Waals surface area contributed by atoms with E-state index >= 15 is 0 Å². The summed E-state index contributed by atoms with van der Waals surface area (Å²) < 4.78 is 5.29. The van der Waals surface area contributed by atoms with Crippen LogP contribution in [0.2, 0.25) is 0 Å². The number of rotatable bonds is 17. The van der Waals surface area contributed by atoms with Crippen molar-refractivity contribution < 1.29 is 14.3 Å². The molecule has 1 atom stereocenters. The van der Waals surface area contributed by atoms with E-state index in [4.69, 9.17) is 4.74 Å². The summed E-state index contributed by atoms with van der Waals surface area (Å²) in [6, 6.07) is 0. The molecule has 0 saturated heterocycles. The number of ether oxygens (including phenoxy) is 1. The highest BCUT2D eigenvalue weighted by Crippen LogP contribution is 2.12. The van der Waals surface area contributed by atoms with Gasteiger partial charge in [0, 0.05) is 12.8 Å². The van der Waals surface area contributed by atoms with Gasteiger partial charge in [0.25, 0.3) is 0 Å². The van der Waals surface area contributed by atoms with E-state index in [1.807, 2.05) is 6.92 Å². The largest absolute Gasteiger partial charge is 0.465 e. The Bertz CT molecular complexity index is 312. The molecule has 0 aromatic carbocycles. The van der Waals surface area contributed by atoms with Gasteiger partial charge in [-0.05, 0) is 12.8 Å². The Morgan fingerprint density at radius 2 is 1.25 bits per heavy atom. The maximum Gasteiger partial charge on any atom is 0.309 e. The lowest BCUT2D eigenvalue weighted by atomic mass is 10.0. The molecule has 1 unspecified atom stereocenters. The van der Waals surface area contributed by atoms with E-state index in [2.05, 4.69) is 13.8 Å². The minimum absolute atomic E-state index is 0.203. The molecule has 3 nitrogen and oxygen atoms in total. The zero-order valence-corrected chi connectivity index (χ0v) is 16.4. The SMILES string of the molecule is CCCCCCCCOC(=O)C(C)CC(=O)CCCCCCCC. The lowest BCUT2D eigenvalue weighted by molar-refractivity contribution is -0.149. The highest BCUT2D eigenvalue weighted by molar-refractivity contribution is 5.84. The number of ketones is 1. The van der Waals surface area contributed by atoms with E-state index in [1.54, 1.807) is 0 Å². The predicted octanol–water partition coefficient (Wildman–Crippen LogP) is 6.24. The Kier molecular flexibility index (Phi) is 16.4. The number of hydrogen-bond acceptors (Lipinski definition) is 3. The third-order valence-corrected chi connectivity index (χ3v) is 4.49. The van der Waals surface area contributed by atoms with E-state index in [0.29, 0.717) is 19.4 Å². The standard InChI is InChI=1S/C21H40O3/c1-4-6-8-10-12-14-16-20(22)18-19(3)21(23)24-17-15-13-11-9-7-5-2/h19H,4-18H2,1-3H3. The Morgan fingerprint density at radius 3 is 1.83 bits per heavy atom. The zero-order valence-electron chi connectivity index (χ0n) is 16.4. The van der Waals surface area contributed by atoms with Crippen LogP contribution in [0.5, 0.6) is 0 Å². The monoisotopic (exact) mass is 340 g/mol. The van der Waals surface area contributed by atoms with Crippen molar-refractivity contribution in [1.82, 2.24) is 0 Å². The van der Waals surface area contributed by atoms with Crippen LogP contribution in [0.3, 0.4) is 0 Å². The van der Waals surface area contributed by atoms with Gasteiger partial charge in [-0.15, -0.1) is 0 Å². The first kappa shape index (κ1) is 23.1. The molecule has 0 radical (unpaired) electrons. The van der Waals surface area contributed by atoms with Crippen molar-refractivity contribution in [2.24, 2.45) is 5.92 Å². The van der Waals surface area contributed by atoms with Crippen molar-refractivity contribution in [3.8, 4) is 0 Å². The fraction of sp³-hybridized carbons (Fsp3) is 0.905. The van der Waals surface area contributed by atoms with Crippen LogP contribution >= 0.6 is 0 Å². The maximum atomic E-state index is 11.9. The molecule has 0 heterocycles. The number of Topliss-reactive ketones (excluding diaryl/α,β-unsaturated/α-hetero) is 1. The van der Waals surface area contributed by atoms with Gasteiger partial charge in [-0.2, -0.15) is 0 Å². The molecule has 0 N–H and O–H groups in total. The molecule has 142 valence electrons. The topological polar surface area (TPSA) is 43.4 Å². The molecule has 0 aliphatic heterocycles. The number of hydrogen-bond donors (Lipinski definition) is 0. The number of esters is 1. The summed E-state index contributed by atoms with van der Waals surface area (Å²) >= 11 is 0. The van der Waals surface area contributed by atoms with E-state index < -0.39 is 0 Å². The van der Waals surface area contributed by atoms with Gasteiger partial charge < -0.3 is 4.74 Å². The minimum atomic E-state index is -0.294. The highest BCUT2D eigenvalue weighted by atomic mass is 16.5. The molecule has 0 saturated carbocycles. The number of carbonyl (C=O) groups is 2. The molecule has 3 heteroatoms. The van der Waals surface area contributed by atoms with Crippen molar-refractivity contribution in [3.63, 3.8) is 0 Å². The summed E-state index contributed by atoms with van der Waals surface area (Å²) in [6.45, 7) is 6.72. The Balaban J connectivity index is 3.57. The van der Waals surface area contributed by atoms with Gasteiger partial charge in [0.2, 0.25) is 0 Å². The van der Waals surface area contributed by atoms with Crippen molar-refractivity contribution in [2.45, 2.75) is 111 Å². The van der Waals surface area contributed by atoms with Crippen LogP contribution < -0.4 is 0 Å². The molecular weight excluding hydrogens is 300 g/mol. The summed E-state index contributed by atoms with van der Waals surface area (Å²) in [7, 11) is 0. The average Bonchev–Trinajstić information content (AvgIpc) is 2.56. The molecule has 24 heavy (non-hydrogen) atoms. The quantitative estimate of drug-likeness (QED) is 0.233. The molecule has 0 aromatic heterocycles. The van der Waals surface area contributed by atoms with E-state index in [-0.39, 0.29) is 17.7 Å². The van der Waals surface area contributed by atoms with Crippen LogP contribution in [0.1, 0.15) is 111 Å². The van der Waals surface area contributed by atoms with Crippen LogP contribution in [0.4, 0.5) is 0 Å². The molecule has 0 amide bonds. The third kappa shape index (κ3) is 14.7. The molecule has 0 aliphatic rings. The highest BCUT2D eigenvalue weighted by Gasteiger charge is 2.17. The normalized spacial score (nSPS) is 12.1. The fourth-order valence-corrected chi connectivity index (χ4v) is 2.83. The first-order valence-corrected chi connectivity index (χ1v) is 10.3. The predicted molar refractivity (Wildman–Crippen MR) is 101 cm³/mol. The lowest BCUT2D eigenvalue weighted by Gasteiger charge is -2.11. The molecule has 0 bridgehead atoms. The van der Waals surface area contributed by atoms with Gasteiger partial charge in [0.1, 0.15) is 5.78 Å². The first-order valence-electron chi connectivity index (χ1n) is 10.3. The van der Waals surface area contributed by atoms with Crippen molar-refractivity contribution in [1.29, 1.82) is 0 Å². The average molecular weight is 341 g/mol. The molecule has 0 aromatic rings. The second-order valence-corrected chi connectivity index (χ2v) is 7.10. The van der Waals surface area contributed by atoms with Gasteiger partial charge in [-0.1, -0.05) is 85.0 Å². The smallest absolute Gasteiger partial charge is 0.309 e. The minimum Gasteiger partial charge on any atom is -0.465 e. The first-order chi connectivity index (χ1) is 11.6. The van der Waals surface area contributed by atoms with E-state index in [9.17, 15) is 9.59 Å². The summed E-state index contributed by atoms with van der Waals surface area (Å²) in [4.78, 5) is 23.8. The second kappa shape index (κ2) is 17.0. The van der Waals surface area contributed by atoms with Crippen LogP contribution in [-0.4, -0.2) is 18.4 Å². The molecule has 0 rings (SSSR count). The molecular formula is C21H40O3. The lowest BCUT2D eigenvalue weighted by Crippen LogP contribution is -2.18.